The van der Waals surface area contributed by atoms with Crippen molar-refractivity contribution >= 4 is 22.5 Å². The van der Waals surface area contributed by atoms with E-state index in [0.29, 0.717) is 18.8 Å². The molecule has 6 heteroatoms. The molecule has 0 aliphatic rings. The Balaban J connectivity index is 1.33. The quantitative estimate of drug-likeness (QED) is 0.469. The van der Waals surface area contributed by atoms with E-state index < -0.39 is 0 Å². The number of nitrogens with one attached hydrogen (secondary N) is 3. The van der Waals surface area contributed by atoms with Gasteiger partial charge in [-0.25, -0.2) is 0 Å². The number of carbonyl (C=O) groups excluding carboxylic acids is 1. The zero-order valence-electron chi connectivity index (χ0n) is 14.7. The minimum Gasteiger partial charge on any atom is -0.467 e. The van der Waals surface area contributed by atoms with Gasteiger partial charge in [-0.2, -0.15) is 0 Å². The third-order valence-corrected chi connectivity index (χ3v) is 4.39. The minimum absolute atomic E-state index is 0.184. The van der Waals surface area contributed by atoms with Crippen molar-refractivity contribution in [1.82, 2.24) is 15.3 Å². The van der Waals surface area contributed by atoms with Crippen molar-refractivity contribution in [3.05, 3.63) is 84.2 Å². The predicted molar refractivity (Wildman–Crippen MR) is 105 cm³/mol. The molecule has 0 spiro atoms. The highest BCUT2D eigenvalue weighted by molar-refractivity contribution is 5.93. The zero-order chi connectivity index (χ0) is 18.5. The van der Waals surface area contributed by atoms with Crippen LogP contribution in [0, 0.1) is 0 Å². The van der Waals surface area contributed by atoms with E-state index in [0.717, 1.165) is 23.4 Å². The van der Waals surface area contributed by atoms with E-state index in [1.807, 2.05) is 42.6 Å². The molecule has 0 bridgehead atoms. The second-order valence-corrected chi connectivity index (χ2v) is 6.23. The molecule has 6 nitrogen and oxygen atoms in total. The molecule has 3 heterocycles. The Morgan fingerprint density at radius 2 is 2.07 bits per heavy atom. The number of hydrogen-bond acceptors (Lipinski definition) is 4. The van der Waals surface area contributed by atoms with Gasteiger partial charge in [-0.3, -0.25) is 9.78 Å². The Bertz CT molecular complexity index is 1040. The van der Waals surface area contributed by atoms with Crippen LogP contribution < -0.4 is 10.6 Å². The average molecular weight is 360 g/mol. The molecule has 27 heavy (non-hydrogen) atoms. The van der Waals surface area contributed by atoms with E-state index in [9.17, 15) is 4.79 Å². The summed E-state index contributed by atoms with van der Waals surface area (Å²) in [5, 5.41) is 7.35. The molecular weight excluding hydrogens is 340 g/mol. The van der Waals surface area contributed by atoms with Gasteiger partial charge in [0.05, 0.1) is 12.8 Å². The summed E-state index contributed by atoms with van der Waals surface area (Å²) in [7, 11) is 0. The lowest BCUT2D eigenvalue weighted by molar-refractivity contribution is 0.0949. The number of aromatic nitrogens is 2. The van der Waals surface area contributed by atoms with E-state index in [4.69, 9.17) is 4.42 Å². The molecule has 4 aromatic rings. The number of para-hydroxylation sites is 1. The van der Waals surface area contributed by atoms with E-state index in [1.165, 1.54) is 10.9 Å². The summed E-state index contributed by atoms with van der Waals surface area (Å²) in [6.45, 7) is 1.10. The van der Waals surface area contributed by atoms with Gasteiger partial charge in [0.2, 0.25) is 0 Å². The lowest BCUT2D eigenvalue weighted by Crippen LogP contribution is -2.26. The molecule has 0 atom stereocenters. The topological polar surface area (TPSA) is 83.0 Å². The lowest BCUT2D eigenvalue weighted by atomic mass is 10.1. The number of rotatable bonds is 7. The van der Waals surface area contributed by atoms with Crippen molar-refractivity contribution in [3.63, 3.8) is 0 Å². The van der Waals surface area contributed by atoms with Gasteiger partial charge in [-0.05, 0) is 42.3 Å². The maximum absolute atomic E-state index is 12.4. The van der Waals surface area contributed by atoms with E-state index >= 15 is 0 Å². The molecule has 136 valence electrons. The summed E-state index contributed by atoms with van der Waals surface area (Å²) < 4.78 is 5.29. The highest BCUT2D eigenvalue weighted by Gasteiger charge is 2.09. The first-order valence-electron chi connectivity index (χ1n) is 8.85. The number of fused-ring (bicyclic) bond motifs is 1. The molecule has 0 aliphatic heterocycles. The average Bonchev–Trinajstić information content (AvgIpc) is 3.37. The first-order valence-corrected chi connectivity index (χ1v) is 8.85. The van der Waals surface area contributed by atoms with Gasteiger partial charge in [-0.1, -0.05) is 18.2 Å². The lowest BCUT2D eigenvalue weighted by Gasteiger charge is -2.07. The maximum Gasteiger partial charge on any atom is 0.269 e. The summed E-state index contributed by atoms with van der Waals surface area (Å²) in [5.41, 5.74) is 3.50. The number of H-pyrrole nitrogens is 1. The van der Waals surface area contributed by atoms with Crippen LogP contribution in [-0.2, 0) is 13.0 Å². The molecule has 3 aromatic heterocycles. The number of pyridine rings is 1. The Morgan fingerprint density at radius 3 is 2.96 bits per heavy atom. The number of carbonyl (C=O) groups is 1. The predicted octanol–water partition coefficient (Wildman–Crippen LogP) is 3.74. The summed E-state index contributed by atoms with van der Waals surface area (Å²) in [6, 6.07) is 15.5. The van der Waals surface area contributed by atoms with Crippen LogP contribution >= 0.6 is 0 Å². The highest BCUT2D eigenvalue weighted by Crippen LogP contribution is 2.17. The van der Waals surface area contributed by atoms with Gasteiger partial charge in [0.1, 0.15) is 11.5 Å². The fraction of sp³-hybridized carbons (Fsp3) is 0.143. The zero-order valence-corrected chi connectivity index (χ0v) is 14.7. The molecule has 3 N–H and O–H groups in total. The normalized spacial score (nSPS) is 10.8. The first kappa shape index (κ1) is 16.9. The number of nitrogens with zero attached hydrogens (tertiary/aromatic N) is 1. The Kier molecular flexibility index (Phi) is 4.87. The van der Waals surface area contributed by atoms with Gasteiger partial charge in [0.25, 0.3) is 5.91 Å². The van der Waals surface area contributed by atoms with E-state index in [-0.39, 0.29) is 5.91 Å². The van der Waals surface area contributed by atoms with Crippen molar-refractivity contribution in [1.29, 1.82) is 0 Å². The van der Waals surface area contributed by atoms with Crippen LogP contribution in [0.25, 0.3) is 10.9 Å². The van der Waals surface area contributed by atoms with Crippen LogP contribution in [0.4, 0.5) is 5.69 Å². The number of hydrogen-bond donors (Lipinski definition) is 3. The number of benzene rings is 1. The first-order chi connectivity index (χ1) is 13.3. The molecule has 0 aliphatic carbocycles. The van der Waals surface area contributed by atoms with E-state index in [1.54, 1.807) is 18.5 Å². The van der Waals surface area contributed by atoms with Gasteiger partial charge < -0.3 is 20.0 Å². The Labute approximate surface area is 156 Å². The van der Waals surface area contributed by atoms with Gasteiger partial charge in [0, 0.05) is 35.5 Å². The van der Waals surface area contributed by atoms with Crippen molar-refractivity contribution in [2.24, 2.45) is 0 Å². The second kappa shape index (κ2) is 7.78. The van der Waals surface area contributed by atoms with Gasteiger partial charge in [0.15, 0.2) is 0 Å². The van der Waals surface area contributed by atoms with Crippen LogP contribution in [0.5, 0.6) is 0 Å². The number of amides is 1. The van der Waals surface area contributed by atoms with Crippen LogP contribution in [0.2, 0.25) is 0 Å². The monoisotopic (exact) mass is 360 g/mol. The molecule has 1 aromatic carbocycles. The fourth-order valence-corrected chi connectivity index (χ4v) is 3.01. The number of furan rings is 1. The summed E-state index contributed by atoms with van der Waals surface area (Å²) >= 11 is 0. The minimum atomic E-state index is -0.184. The molecule has 4 rings (SSSR count). The summed E-state index contributed by atoms with van der Waals surface area (Å²) in [5.74, 6) is 0.646. The summed E-state index contributed by atoms with van der Waals surface area (Å²) in [6.07, 6.45) is 6.01. The molecule has 0 saturated carbocycles. The largest absolute Gasteiger partial charge is 0.467 e. The molecule has 0 unspecified atom stereocenters. The third-order valence-electron chi connectivity index (χ3n) is 4.39. The van der Waals surface area contributed by atoms with Crippen LogP contribution in [0.3, 0.4) is 0 Å². The highest BCUT2D eigenvalue weighted by atomic mass is 16.3. The number of anilines is 1. The standard InChI is InChI=1S/C21H20N4O2/c26-21(23-9-7-15-13-25-19-6-2-1-5-18(15)19)20-12-16(8-10-22-20)24-14-17-4-3-11-27-17/h1-6,8,10-13,25H,7,9,14H2,(H,22,24)(H,23,26). The van der Waals surface area contributed by atoms with Crippen LogP contribution in [0.15, 0.2) is 71.6 Å². The second-order valence-electron chi connectivity index (χ2n) is 6.23. The molecule has 0 saturated heterocycles. The molecule has 0 radical (unpaired) electrons. The van der Waals surface area contributed by atoms with Gasteiger partial charge >= 0.3 is 0 Å². The molecule has 1 amide bonds. The van der Waals surface area contributed by atoms with Crippen molar-refractivity contribution in [3.8, 4) is 0 Å². The van der Waals surface area contributed by atoms with Crippen LogP contribution in [-0.4, -0.2) is 22.4 Å². The Morgan fingerprint density at radius 1 is 1.15 bits per heavy atom. The van der Waals surface area contributed by atoms with E-state index in [2.05, 4.69) is 26.7 Å². The molecular formula is C21H20N4O2. The Hall–Kier alpha value is -3.54. The molecule has 0 fully saturated rings. The summed E-state index contributed by atoms with van der Waals surface area (Å²) in [4.78, 5) is 19.8. The number of aromatic amines is 1. The smallest absolute Gasteiger partial charge is 0.269 e. The third kappa shape index (κ3) is 4.00. The van der Waals surface area contributed by atoms with Crippen LogP contribution in [0.1, 0.15) is 21.8 Å². The van der Waals surface area contributed by atoms with Crippen molar-refractivity contribution in [2.75, 3.05) is 11.9 Å². The maximum atomic E-state index is 12.4. The SMILES string of the molecule is O=C(NCCc1c[nH]c2ccccc12)c1cc(NCc2ccco2)ccn1. The van der Waals surface area contributed by atoms with Crippen molar-refractivity contribution in [2.45, 2.75) is 13.0 Å². The fourth-order valence-electron chi connectivity index (χ4n) is 3.01. The van der Waals surface area contributed by atoms with Crippen molar-refractivity contribution < 1.29 is 9.21 Å². The van der Waals surface area contributed by atoms with Gasteiger partial charge in [-0.15, -0.1) is 0 Å².